The predicted octanol–water partition coefficient (Wildman–Crippen LogP) is 0.404. The van der Waals surface area contributed by atoms with Gasteiger partial charge in [0, 0.05) is 13.1 Å². The highest BCUT2D eigenvalue weighted by Crippen LogP contribution is 2.02. The van der Waals surface area contributed by atoms with E-state index in [4.69, 9.17) is 11.5 Å². The molecule has 0 heterocycles. The van der Waals surface area contributed by atoms with Crippen LogP contribution >= 0.6 is 9.39 Å². The van der Waals surface area contributed by atoms with Gasteiger partial charge in [0.05, 0.1) is 12.1 Å². The van der Waals surface area contributed by atoms with Crippen molar-refractivity contribution in [2.75, 3.05) is 13.1 Å². The molecule has 0 aliphatic carbocycles. The van der Waals surface area contributed by atoms with E-state index in [0.29, 0.717) is 19.4 Å². The second-order valence-electron chi connectivity index (χ2n) is 6.32. The van der Waals surface area contributed by atoms with Crippen molar-refractivity contribution < 1.29 is 9.59 Å². The van der Waals surface area contributed by atoms with Crippen molar-refractivity contribution >= 4 is 21.2 Å². The first kappa shape index (κ1) is 22.5. The quantitative estimate of drug-likeness (QED) is 0.236. The molecule has 146 valence electrons. The van der Waals surface area contributed by atoms with E-state index in [-0.39, 0.29) is 17.9 Å². The molecule has 1 rings (SSSR count). The smallest absolute Gasteiger partial charge is 0.236 e. The summed E-state index contributed by atoms with van der Waals surface area (Å²) in [5, 5.41) is 8.98. The summed E-state index contributed by atoms with van der Waals surface area (Å²) in [5.41, 5.74) is 12.4. The van der Waals surface area contributed by atoms with E-state index in [2.05, 4.69) is 37.2 Å². The monoisotopic (exact) mass is 381 g/mol. The van der Waals surface area contributed by atoms with Crippen LogP contribution in [0.2, 0.25) is 0 Å². The molecular formula is C18H32N5O2P. The summed E-state index contributed by atoms with van der Waals surface area (Å²) in [7, 11) is 2.30. The van der Waals surface area contributed by atoms with Gasteiger partial charge in [0.25, 0.3) is 0 Å². The minimum Gasteiger partial charge on any atom is -0.368 e. The van der Waals surface area contributed by atoms with Gasteiger partial charge in [0.15, 0.2) is 0 Å². The molecule has 1 aromatic rings. The molecule has 1 aromatic carbocycles. The highest BCUT2D eigenvalue weighted by Gasteiger charge is 2.13. The van der Waals surface area contributed by atoms with Gasteiger partial charge in [-0.2, -0.15) is 0 Å². The lowest BCUT2D eigenvalue weighted by Crippen LogP contribution is -2.41. The highest BCUT2D eigenvalue weighted by atomic mass is 31.0. The molecule has 0 radical (unpaired) electrons. The molecule has 0 saturated carbocycles. The van der Waals surface area contributed by atoms with E-state index in [1.165, 1.54) is 5.56 Å². The van der Waals surface area contributed by atoms with Crippen molar-refractivity contribution in [3.63, 3.8) is 0 Å². The van der Waals surface area contributed by atoms with Gasteiger partial charge in [-0.15, -0.1) is 0 Å². The second-order valence-corrected chi connectivity index (χ2v) is 6.65. The third-order valence-electron chi connectivity index (χ3n) is 4.14. The number of unbranched alkanes of at least 4 members (excludes halogenated alkanes) is 1. The number of nitrogens with two attached hydrogens (primary N) is 2. The summed E-state index contributed by atoms with van der Waals surface area (Å²) in [6, 6.07) is 9.35. The van der Waals surface area contributed by atoms with Crippen LogP contribution in [0.25, 0.3) is 0 Å². The van der Waals surface area contributed by atoms with Crippen LogP contribution < -0.4 is 27.2 Å². The lowest BCUT2D eigenvalue weighted by molar-refractivity contribution is -0.122. The Labute approximate surface area is 158 Å². The zero-order valence-electron chi connectivity index (χ0n) is 15.2. The van der Waals surface area contributed by atoms with Crippen molar-refractivity contribution in [2.45, 2.75) is 50.7 Å². The summed E-state index contributed by atoms with van der Waals surface area (Å²) < 4.78 is 0. The molecule has 7 N–H and O–H groups in total. The molecule has 0 spiro atoms. The molecule has 2 amide bonds. The molecule has 0 aliphatic heterocycles. The standard InChI is InChI=1S/C18H32N5O2P/c19-15(9-6-11-21-13-14-7-2-1-3-8-14)18(25)22-12-5-4-10-16(23-26)17(20)24/h1-3,7-8,15-16,21,23H,4-6,9-13,19,26H2,(H2,20,24)(H,22,25)/t15-,16-/m0/s1. The average molecular weight is 381 g/mol. The maximum absolute atomic E-state index is 11.9. The van der Waals surface area contributed by atoms with Gasteiger partial charge in [-0.05, 0) is 44.2 Å². The number of rotatable bonds is 14. The van der Waals surface area contributed by atoms with Gasteiger partial charge in [-0.1, -0.05) is 39.7 Å². The van der Waals surface area contributed by atoms with E-state index in [1.807, 2.05) is 18.2 Å². The molecule has 0 saturated heterocycles. The first-order valence-electron chi connectivity index (χ1n) is 9.08. The maximum atomic E-state index is 11.9. The van der Waals surface area contributed by atoms with Gasteiger partial charge in [0.1, 0.15) is 0 Å². The Morgan fingerprint density at radius 3 is 2.42 bits per heavy atom. The molecule has 0 aliphatic rings. The second kappa shape index (κ2) is 13.6. The van der Waals surface area contributed by atoms with Crippen molar-refractivity contribution in [3.8, 4) is 0 Å². The molecule has 8 heteroatoms. The normalized spacial score (nSPS) is 13.2. The Bertz CT molecular complexity index is 530. The first-order valence-corrected chi connectivity index (χ1v) is 9.65. The number of amides is 2. The predicted molar refractivity (Wildman–Crippen MR) is 108 cm³/mol. The fraction of sp³-hybridized carbons (Fsp3) is 0.556. The van der Waals surface area contributed by atoms with Gasteiger partial charge < -0.3 is 22.1 Å². The lowest BCUT2D eigenvalue weighted by atomic mass is 10.1. The third-order valence-corrected chi connectivity index (χ3v) is 4.54. The summed E-state index contributed by atoms with van der Waals surface area (Å²) in [5.74, 6) is -0.490. The Morgan fingerprint density at radius 1 is 1.04 bits per heavy atom. The van der Waals surface area contributed by atoms with Gasteiger partial charge in [-0.3, -0.25) is 14.7 Å². The SMILES string of the molecule is NC(=O)[C@H](CCCCNC(=O)[C@@H](N)CCCNCc1ccccc1)NP. The van der Waals surface area contributed by atoms with Crippen LogP contribution in [0.3, 0.4) is 0 Å². The molecule has 0 bridgehead atoms. The Balaban J connectivity index is 2.03. The molecular weight excluding hydrogens is 349 g/mol. The Morgan fingerprint density at radius 2 is 1.77 bits per heavy atom. The number of nitrogens with one attached hydrogen (secondary N) is 3. The van der Waals surface area contributed by atoms with Crippen LogP contribution in [0.4, 0.5) is 0 Å². The summed E-state index contributed by atoms with van der Waals surface area (Å²) in [4.78, 5) is 23.0. The molecule has 0 aromatic heterocycles. The maximum Gasteiger partial charge on any atom is 0.236 e. The fourth-order valence-corrected chi connectivity index (χ4v) is 2.86. The van der Waals surface area contributed by atoms with Crippen molar-refractivity contribution in [2.24, 2.45) is 11.5 Å². The Kier molecular flexibility index (Phi) is 11.8. The van der Waals surface area contributed by atoms with Crippen molar-refractivity contribution in [3.05, 3.63) is 35.9 Å². The van der Waals surface area contributed by atoms with Gasteiger partial charge in [-0.25, -0.2) is 0 Å². The largest absolute Gasteiger partial charge is 0.368 e. The van der Waals surface area contributed by atoms with Crippen LogP contribution in [-0.2, 0) is 16.1 Å². The minimum absolute atomic E-state index is 0.122. The van der Waals surface area contributed by atoms with Crippen molar-refractivity contribution in [1.29, 1.82) is 0 Å². The van der Waals surface area contributed by atoms with Crippen LogP contribution in [0.5, 0.6) is 0 Å². The molecule has 3 atom stereocenters. The molecule has 1 unspecified atom stereocenters. The van der Waals surface area contributed by atoms with E-state index in [0.717, 1.165) is 32.4 Å². The van der Waals surface area contributed by atoms with Crippen LogP contribution in [0, 0.1) is 0 Å². The highest BCUT2D eigenvalue weighted by molar-refractivity contribution is 7.13. The average Bonchev–Trinajstić information content (AvgIpc) is 2.64. The summed E-state index contributed by atoms with van der Waals surface area (Å²) >= 11 is 0. The van der Waals surface area contributed by atoms with Gasteiger partial charge in [0.2, 0.25) is 11.8 Å². The zero-order chi connectivity index (χ0) is 19.2. The number of carbonyl (C=O) groups is 2. The number of hydrogen-bond acceptors (Lipinski definition) is 5. The van der Waals surface area contributed by atoms with Crippen LogP contribution in [0.1, 0.15) is 37.7 Å². The number of primary amides is 1. The van der Waals surface area contributed by atoms with E-state index >= 15 is 0 Å². The lowest BCUT2D eigenvalue weighted by Gasteiger charge is -2.14. The zero-order valence-corrected chi connectivity index (χ0v) is 16.4. The van der Waals surface area contributed by atoms with Crippen molar-refractivity contribution in [1.82, 2.24) is 15.7 Å². The molecule has 0 fully saturated rings. The fourth-order valence-electron chi connectivity index (χ4n) is 2.53. The molecule has 7 nitrogen and oxygen atoms in total. The third kappa shape index (κ3) is 9.82. The van der Waals surface area contributed by atoms with Crippen LogP contribution in [-0.4, -0.2) is 37.0 Å². The van der Waals surface area contributed by atoms with Crippen LogP contribution in [0.15, 0.2) is 30.3 Å². The molecule has 26 heavy (non-hydrogen) atoms. The van der Waals surface area contributed by atoms with E-state index < -0.39 is 6.04 Å². The summed E-state index contributed by atoms with van der Waals surface area (Å²) in [6.07, 6.45) is 3.73. The number of carbonyl (C=O) groups excluding carboxylic acids is 2. The number of benzene rings is 1. The summed E-state index contributed by atoms with van der Waals surface area (Å²) in [6.45, 7) is 2.20. The van der Waals surface area contributed by atoms with E-state index in [9.17, 15) is 9.59 Å². The topological polar surface area (TPSA) is 122 Å². The first-order chi connectivity index (χ1) is 12.5. The number of hydrogen-bond donors (Lipinski definition) is 5. The van der Waals surface area contributed by atoms with E-state index in [1.54, 1.807) is 0 Å². The Hall–Kier alpha value is -1.53. The minimum atomic E-state index is -0.486. The van der Waals surface area contributed by atoms with Gasteiger partial charge >= 0.3 is 0 Å².